The Morgan fingerprint density at radius 3 is 2.48 bits per heavy atom. The Morgan fingerprint density at radius 1 is 1.12 bits per heavy atom. The standard InChI is InChI=1S/C18H27N5O.HI/c1-15-5-7-17(8-6-15)24-12-10-21-18(19-3)20-9-4-11-23-14-16(2)13-22-23;/h5-8,13-14H,4,9-12H2,1-3H3,(H2,19,20,21);1H. The summed E-state index contributed by atoms with van der Waals surface area (Å²) in [4.78, 5) is 4.21. The Hall–Kier alpha value is -1.77. The van der Waals surface area contributed by atoms with Crippen LogP contribution in [-0.2, 0) is 6.54 Å². The van der Waals surface area contributed by atoms with Crippen molar-refractivity contribution in [3.05, 3.63) is 47.8 Å². The third kappa shape index (κ3) is 8.24. The van der Waals surface area contributed by atoms with Crippen LogP contribution in [0.1, 0.15) is 17.5 Å². The lowest BCUT2D eigenvalue weighted by Gasteiger charge is -2.12. The molecule has 6 nitrogen and oxygen atoms in total. The van der Waals surface area contributed by atoms with Crippen molar-refractivity contribution in [3.8, 4) is 5.75 Å². The van der Waals surface area contributed by atoms with Gasteiger partial charge in [-0.25, -0.2) is 0 Å². The molecule has 2 rings (SSSR count). The molecule has 0 spiro atoms. The van der Waals surface area contributed by atoms with E-state index < -0.39 is 0 Å². The highest BCUT2D eigenvalue weighted by Gasteiger charge is 1.99. The first-order valence-electron chi connectivity index (χ1n) is 8.30. The molecule has 0 bridgehead atoms. The van der Waals surface area contributed by atoms with Crippen molar-refractivity contribution >= 4 is 29.9 Å². The van der Waals surface area contributed by atoms with Crippen molar-refractivity contribution < 1.29 is 4.74 Å². The van der Waals surface area contributed by atoms with Gasteiger partial charge in [-0.05, 0) is 38.0 Å². The van der Waals surface area contributed by atoms with Crippen molar-refractivity contribution in [1.29, 1.82) is 0 Å². The van der Waals surface area contributed by atoms with Gasteiger partial charge >= 0.3 is 0 Å². The van der Waals surface area contributed by atoms with Gasteiger partial charge in [-0.15, -0.1) is 24.0 Å². The predicted octanol–water partition coefficient (Wildman–Crippen LogP) is 2.75. The van der Waals surface area contributed by atoms with Gasteiger partial charge in [0.15, 0.2) is 5.96 Å². The molecule has 0 aliphatic rings. The lowest BCUT2D eigenvalue weighted by molar-refractivity contribution is 0.322. The van der Waals surface area contributed by atoms with Crippen molar-refractivity contribution in [1.82, 2.24) is 20.4 Å². The summed E-state index contributed by atoms with van der Waals surface area (Å²) in [7, 11) is 1.77. The molecule has 1 aromatic heterocycles. The summed E-state index contributed by atoms with van der Waals surface area (Å²) >= 11 is 0. The zero-order chi connectivity index (χ0) is 17.2. The average Bonchev–Trinajstić information content (AvgIpc) is 3.00. The Bertz CT molecular complexity index is 639. The quantitative estimate of drug-likeness (QED) is 0.277. The number of guanidine groups is 1. The highest BCUT2D eigenvalue weighted by Crippen LogP contribution is 2.10. The number of ether oxygens (including phenoxy) is 1. The second-order valence-electron chi connectivity index (χ2n) is 5.72. The van der Waals surface area contributed by atoms with Crippen LogP contribution in [0.2, 0.25) is 0 Å². The van der Waals surface area contributed by atoms with Crippen LogP contribution < -0.4 is 15.4 Å². The lowest BCUT2D eigenvalue weighted by atomic mass is 10.2. The number of nitrogens with one attached hydrogen (secondary N) is 2. The molecule has 0 amide bonds. The van der Waals surface area contributed by atoms with E-state index in [1.807, 2.05) is 42.1 Å². The van der Waals surface area contributed by atoms with Crippen LogP contribution in [0.5, 0.6) is 5.75 Å². The van der Waals surface area contributed by atoms with Gasteiger partial charge in [0.05, 0.1) is 12.7 Å². The molecule has 1 heterocycles. The fourth-order valence-electron chi connectivity index (χ4n) is 2.23. The molecule has 0 aliphatic carbocycles. The van der Waals surface area contributed by atoms with Gasteiger partial charge in [0.1, 0.15) is 12.4 Å². The number of aliphatic imine (C=N–C) groups is 1. The highest BCUT2D eigenvalue weighted by molar-refractivity contribution is 14.0. The van der Waals surface area contributed by atoms with E-state index in [-0.39, 0.29) is 24.0 Å². The zero-order valence-corrected chi connectivity index (χ0v) is 17.5. The van der Waals surface area contributed by atoms with Crippen molar-refractivity contribution in [2.24, 2.45) is 4.99 Å². The Kier molecular flexibility index (Phi) is 9.98. The van der Waals surface area contributed by atoms with E-state index in [1.165, 1.54) is 11.1 Å². The first kappa shape index (κ1) is 21.3. The van der Waals surface area contributed by atoms with Crippen molar-refractivity contribution in [3.63, 3.8) is 0 Å². The third-order valence-corrected chi connectivity index (χ3v) is 3.53. The molecule has 7 heteroatoms. The van der Waals surface area contributed by atoms with Crippen LogP contribution in [0.15, 0.2) is 41.7 Å². The summed E-state index contributed by atoms with van der Waals surface area (Å²) < 4.78 is 7.65. The second kappa shape index (κ2) is 11.7. The maximum atomic E-state index is 5.68. The molecule has 0 aliphatic heterocycles. The molecule has 2 N–H and O–H groups in total. The van der Waals surface area contributed by atoms with Crippen LogP contribution in [0.3, 0.4) is 0 Å². The van der Waals surface area contributed by atoms with Gasteiger partial charge in [-0.3, -0.25) is 9.67 Å². The molecule has 138 valence electrons. The number of nitrogens with zero attached hydrogens (tertiary/aromatic N) is 3. The molecule has 0 radical (unpaired) electrons. The number of benzene rings is 1. The Balaban J connectivity index is 0.00000312. The number of aryl methyl sites for hydroxylation is 3. The van der Waals surface area contributed by atoms with Crippen LogP contribution in [-0.4, -0.2) is 42.5 Å². The molecule has 0 fully saturated rings. The normalized spacial score (nSPS) is 10.9. The first-order valence-corrected chi connectivity index (χ1v) is 8.30. The van der Waals surface area contributed by atoms with Gasteiger partial charge in [0.2, 0.25) is 0 Å². The minimum Gasteiger partial charge on any atom is -0.492 e. The minimum absolute atomic E-state index is 0. The van der Waals surface area contributed by atoms with Gasteiger partial charge in [-0.1, -0.05) is 17.7 Å². The molecule has 0 atom stereocenters. The summed E-state index contributed by atoms with van der Waals surface area (Å²) in [6.45, 7) is 7.15. The maximum absolute atomic E-state index is 5.68. The summed E-state index contributed by atoms with van der Waals surface area (Å²) in [6.07, 6.45) is 4.92. The van der Waals surface area contributed by atoms with Gasteiger partial charge in [0, 0.05) is 26.3 Å². The van der Waals surface area contributed by atoms with E-state index in [2.05, 4.69) is 33.8 Å². The third-order valence-electron chi connectivity index (χ3n) is 3.53. The molecule has 25 heavy (non-hydrogen) atoms. The SMILES string of the molecule is CN=C(NCCCn1cc(C)cn1)NCCOc1ccc(C)cc1.I. The van der Waals surface area contributed by atoms with Crippen LogP contribution in [0.4, 0.5) is 0 Å². The topological polar surface area (TPSA) is 63.5 Å². The Labute approximate surface area is 167 Å². The van der Waals surface area contributed by atoms with E-state index in [0.717, 1.165) is 31.2 Å². The largest absolute Gasteiger partial charge is 0.492 e. The molecule has 1 aromatic carbocycles. The minimum atomic E-state index is 0. The average molecular weight is 457 g/mol. The van der Waals surface area contributed by atoms with Crippen LogP contribution in [0, 0.1) is 13.8 Å². The molecule has 0 saturated carbocycles. The van der Waals surface area contributed by atoms with Crippen molar-refractivity contribution in [2.45, 2.75) is 26.8 Å². The van der Waals surface area contributed by atoms with E-state index in [4.69, 9.17) is 4.74 Å². The number of aromatic nitrogens is 2. The zero-order valence-electron chi connectivity index (χ0n) is 15.2. The van der Waals surface area contributed by atoms with Gasteiger partial charge in [-0.2, -0.15) is 5.10 Å². The lowest BCUT2D eigenvalue weighted by Crippen LogP contribution is -2.39. The fraction of sp³-hybridized carbons (Fsp3) is 0.444. The molecule has 2 aromatic rings. The summed E-state index contributed by atoms with van der Waals surface area (Å²) in [5, 5.41) is 10.8. The predicted molar refractivity (Wildman–Crippen MR) is 113 cm³/mol. The van der Waals surface area contributed by atoms with Crippen LogP contribution >= 0.6 is 24.0 Å². The Morgan fingerprint density at radius 2 is 1.84 bits per heavy atom. The van der Waals surface area contributed by atoms with E-state index in [9.17, 15) is 0 Å². The maximum Gasteiger partial charge on any atom is 0.191 e. The van der Waals surface area contributed by atoms with Crippen molar-refractivity contribution in [2.75, 3.05) is 26.7 Å². The van der Waals surface area contributed by atoms with Gasteiger partial charge in [0.25, 0.3) is 0 Å². The first-order chi connectivity index (χ1) is 11.7. The van der Waals surface area contributed by atoms with Crippen LogP contribution in [0.25, 0.3) is 0 Å². The van der Waals surface area contributed by atoms with E-state index in [1.54, 1.807) is 7.05 Å². The second-order valence-corrected chi connectivity index (χ2v) is 5.72. The summed E-state index contributed by atoms with van der Waals surface area (Å²) in [5.41, 5.74) is 2.42. The molecule has 0 saturated heterocycles. The summed E-state index contributed by atoms with van der Waals surface area (Å²) in [5.74, 6) is 1.68. The highest BCUT2D eigenvalue weighted by atomic mass is 127. The number of halogens is 1. The molecular weight excluding hydrogens is 429 g/mol. The number of hydrogen-bond acceptors (Lipinski definition) is 3. The smallest absolute Gasteiger partial charge is 0.191 e. The summed E-state index contributed by atoms with van der Waals surface area (Å²) in [6, 6.07) is 8.06. The van der Waals surface area contributed by atoms with E-state index >= 15 is 0 Å². The fourth-order valence-corrected chi connectivity index (χ4v) is 2.23. The number of hydrogen-bond donors (Lipinski definition) is 2. The van der Waals surface area contributed by atoms with Gasteiger partial charge < -0.3 is 15.4 Å². The monoisotopic (exact) mass is 457 g/mol. The molecular formula is C18H28IN5O. The molecule has 0 unspecified atom stereocenters. The number of rotatable bonds is 8. The van der Waals surface area contributed by atoms with E-state index in [0.29, 0.717) is 13.2 Å².